The van der Waals surface area contributed by atoms with Crippen LogP contribution >= 0.6 is 11.8 Å². The number of carbonyl (C=O) groups is 2. The van der Waals surface area contributed by atoms with Gasteiger partial charge in [-0.2, -0.15) is 13.2 Å². The highest BCUT2D eigenvalue weighted by atomic mass is 32.2. The van der Waals surface area contributed by atoms with Crippen LogP contribution in [0, 0.1) is 0 Å². The van der Waals surface area contributed by atoms with Crippen molar-refractivity contribution < 1.29 is 22.8 Å². The van der Waals surface area contributed by atoms with Crippen molar-refractivity contribution in [3.8, 4) is 0 Å². The first-order valence-electron chi connectivity index (χ1n) is 8.57. The predicted octanol–water partition coefficient (Wildman–Crippen LogP) is 4.97. The molecule has 9 heteroatoms. The number of ketones is 1. The third-order valence-corrected chi connectivity index (χ3v) is 5.12. The molecule has 2 aromatic carbocycles. The van der Waals surface area contributed by atoms with Crippen LogP contribution in [0.3, 0.4) is 0 Å². The lowest BCUT2D eigenvalue weighted by Gasteiger charge is -2.14. The third kappa shape index (κ3) is 4.92. The van der Waals surface area contributed by atoms with Gasteiger partial charge in [0.05, 0.1) is 10.8 Å². The minimum atomic E-state index is -4.70. The first kappa shape index (κ1) is 20.8. The molecule has 1 atom stereocenters. The topological polar surface area (TPSA) is 72.0 Å². The normalized spacial score (nSPS) is 12.6. The van der Waals surface area contributed by atoms with Crippen molar-refractivity contribution in [3.63, 3.8) is 0 Å². The number of benzene rings is 2. The Labute approximate surface area is 168 Å². The second-order valence-corrected chi connectivity index (χ2v) is 7.58. The fraction of sp³-hybridized carbons (Fsp3) is 0.200. The third-order valence-electron chi connectivity index (χ3n) is 4.02. The minimum Gasteiger partial charge on any atom is -0.325 e. The van der Waals surface area contributed by atoms with E-state index < -0.39 is 23.2 Å². The maximum atomic E-state index is 13.1. The van der Waals surface area contributed by atoms with E-state index in [4.69, 9.17) is 0 Å². The van der Waals surface area contributed by atoms with E-state index in [1.54, 1.807) is 49.4 Å². The van der Waals surface area contributed by atoms with Gasteiger partial charge in [0, 0.05) is 16.6 Å². The Morgan fingerprint density at radius 1 is 1.07 bits per heavy atom. The number of hydrogen-bond acceptors (Lipinski definition) is 5. The van der Waals surface area contributed by atoms with Gasteiger partial charge in [0.15, 0.2) is 5.78 Å². The van der Waals surface area contributed by atoms with Crippen LogP contribution < -0.4 is 5.32 Å². The van der Waals surface area contributed by atoms with Crippen LogP contribution in [0.5, 0.6) is 0 Å². The molecule has 3 aromatic rings. The summed E-state index contributed by atoms with van der Waals surface area (Å²) in [6.45, 7) is 2.98. The molecule has 1 unspecified atom stereocenters. The van der Waals surface area contributed by atoms with E-state index in [2.05, 4.69) is 15.3 Å². The van der Waals surface area contributed by atoms with Crippen LogP contribution in [0.1, 0.15) is 30.0 Å². The first-order chi connectivity index (χ1) is 13.6. The number of hydrogen-bond donors (Lipinski definition) is 1. The van der Waals surface area contributed by atoms with E-state index in [1.165, 1.54) is 13.0 Å². The second kappa shape index (κ2) is 8.20. The lowest BCUT2D eigenvalue weighted by Crippen LogP contribution is -2.23. The standard InChI is InChI=1S/C20H16F3N3O2S/c1-11(27)13-6-5-7-14(10-13)24-17(28)12(2)29-18-15-8-3-4-9-16(15)25-19(26-18)20(21,22)23/h3-10,12H,1-2H3,(H,24,28). The van der Waals surface area contributed by atoms with Crippen LogP contribution in [-0.4, -0.2) is 26.9 Å². The number of rotatable bonds is 5. The van der Waals surface area contributed by atoms with Gasteiger partial charge in [0.25, 0.3) is 0 Å². The molecule has 0 aliphatic heterocycles. The average Bonchev–Trinajstić information content (AvgIpc) is 2.67. The minimum absolute atomic E-state index is 0.0723. The van der Waals surface area contributed by atoms with E-state index in [1.807, 2.05) is 0 Å². The highest BCUT2D eigenvalue weighted by Gasteiger charge is 2.36. The molecular formula is C20H16F3N3O2S. The smallest absolute Gasteiger partial charge is 0.325 e. The number of thioether (sulfide) groups is 1. The van der Waals surface area contributed by atoms with Crippen LogP contribution in [0.25, 0.3) is 10.9 Å². The van der Waals surface area contributed by atoms with Gasteiger partial charge in [-0.1, -0.05) is 42.1 Å². The Bertz CT molecular complexity index is 1090. The van der Waals surface area contributed by atoms with Crippen LogP contribution in [-0.2, 0) is 11.0 Å². The molecule has 0 saturated heterocycles. The number of halogens is 3. The van der Waals surface area contributed by atoms with Gasteiger partial charge in [0.1, 0.15) is 5.03 Å². The highest BCUT2D eigenvalue weighted by molar-refractivity contribution is 8.00. The van der Waals surface area contributed by atoms with Crippen LogP contribution in [0.15, 0.2) is 53.6 Å². The Morgan fingerprint density at radius 3 is 2.48 bits per heavy atom. The Morgan fingerprint density at radius 2 is 1.79 bits per heavy atom. The van der Waals surface area contributed by atoms with Gasteiger partial charge in [-0.15, -0.1) is 0 Å². The first-order valence-corrected chi connectivity index (χ1v) is 9.45. The lowest BCUT2D eigenvalue weighted by atomic mass is 10.1. The molecular weight excluding hydrogens is 403 g/mol. The summed E-state index contributed by atoms with van der Waals surface area (Å²) in [6, 6.07) is 12.8. The van der Waals surface area contributed by atoms with E-state index in [9.17, 15) is 22.8 Å². The van der Waals surface area contributed by atoms with E-state index in [0.29, 0.717) is 16.6 Å². The molecule has 1 aromatic heterocycles. The number of Topliss-reactive ketones (excluding diaryl/α,β-unsaturated/α-hetero) is 1. The van der Waals surface area contributed by atoms with Crippen molar-refractivity contribution in [2.45, 2.75) is 30.3 Å². The van der Waals surface area contributed by atoms with Gasteiger partial charge < -0.3 is 5.32 Å². The second-order valence-electron chi connectivity index (χ2n) is 6.25. The molecule has 0 radical (unpaired) electrons. The van der Waals surface area contributed by atoms with Crippen LogP contribution in [0.4, 0.5) is 18.9 Å². The largest absolute Gasteiger partial charge is 0.451 e. The zero-order chi connectivity index (χ0) is 21.2. The highest BCUT2D eigenvalue weighted by Crippen LogP contribution is 2.33. The molecule has 3 rings (SSSR count). The summed E-state index contributed by atoms with van der Waals surface area (Å²) >= 11 is 0.911. The van der Waals surface area contributed by atoms with Gasteiger partial charge in [-0.25, -0.2) is 9.97 Å². The number of carbonyl (C=O) groups excluding carboxylic acids is 2. The van der Waals surface area contributed by atoms with Crippen molar-refractivity contribution in [3.05, 3.63) is 59.9 Å². The quantitative estimate of drug-likeness (QED) is 0.359. The summed E-state index contributed by atoms with van der Waals surface area (Å²) in [7, 11) is 0. The molecule has 0 bridgehead atoms. The van der Waals surface area contributed by atoms with E-state index >= 15 is 0 Å². The number of fused-ring (bicyclic) bond motifs is 1. The molecule has 0 saturated carbocycles. The van der Waals surface area contributed by atoms with Gasteiger partial charge in [-0.05, 0) is 32.0 Å². The fourth-order valence-corrected chi connectivity index (χ4v) is 3.48. The fourth-order valence-electron chi connectivity index (χ4n) is 2.54. The maximum absolute atomic E-state index is 13.1. The number of nitrogens with one attached hydrogen (secondary N) is 1. The molecule has 150 valence electrons. The molecule has 0 aliphatic rings. The zero-order valence-corrected chi connectivity index (χ0v) is 16.3. The lowest BCUT2D eigenvalue weighted by molar-refractivity contribution is -0.145. The van der Waals surface area contributed by atoms with Crippen molar-refractivity contribution in [2.75, 3.05) is 5.32 Å². The van der Waals surface area contributed by atoms with Crippen LogP contribution in [0.2, 0.25) is 0 Å². The summed E-state index contributed by atoms with van der Waals surface area (Å²) in [5.74, 6) is -1.82. The van der Waals surface area contributed by atoms with Gasteiger partial charge >= 0.3 is 6.18 Å². The number of para-hydroxylation sites is 1. The van der Waals surface area contributed by atoms with Gasteiger partial charge in [-0.3, -0.25) is 9.59 Å². The average molecular weight is 419 g/mol. The summed E-state index contributed by atoms with van der Waals surface area (Å²) < 4.78 is 39.4. The molecule has 1 amide bonds. The van der Waals surface area contributed by atoms with Crippen molar-refractivity contribution in [1.82, 2.24) is 9.97 Å². The number of nitrogens with zero attached hydrogens (tertiary/aromatic N) is 2. The molecule has 0 fully saturated rings. The van der Waals surface area contributed by atoms with Crippen molar-refractivity contribution in [1.29, 1.82) is 0 Å². The Hall–Kier alpha value is -2.94. The maximum Gasteiger partial charge on any atom is 0.451 e. The monoisotopic (exact) mass is 419 g/mol. The summed E-state index contributed by atoms with van der Waals surface area (Å²) in [4.78, 5) is 31.2. The molecule has 5 nitrogen and oxygen atoms in total. The van der Waals surface area contributed by atoms with Crippen molar-refractivity contribution in [2.24, 2.45) is 0 Å². The summed E-state index contributed by atoms with van der Waals surface area (Å²) in [6.07, 6.45) is -4.70. The van der Waals surface area contributed by atoms with E-state index in [-0.39, 0.29) is 16.3 Å². The van der Waals surface area contributed by atoms with Crippen molar-refractivity contribution >= 4 is 40.0 Å². The SMILES string of the molecule is CC(=O)c1cccc(NC(=O)C(C)Sc2nc(C(F)(F)F)nc3ccccc23)c1. The number of amides is 1. The molecule has 0 aliphatic carbocycles. The predicted molar refractivity (Wildman–Crippen MR) is 105 cm³/mol. The molecule has 1 N–H and O–H groups in total. The molecule has 1 heterocycles. The number of aromatic nitrogens is 2. The van der Waals surface area contributed by atoms with Gasteiger partial charge in [0.2, 0.25) is 11.7 Å². The molecule has 29 heavy (non-hydrogen) atoms. The Balaban J connectivity index is 1.85. The summed E-state index contributed by atoms with van der Waals surface area (Å²) in [5, 5.41) is 2.44. The zero-order valence-electron chi connectivity index (χ0n) is 15.4. The number of anilines is 1. The Kier molecular flexibility index (Phi) is 5.88. The van der Waals surface area contributed by atoms with E-state index in [0.717, 1.165) is 11.8 Å². The summed E-state index contributed by atoms with van der Waals surface area (Å²) in [5.41, 5.74) is 1.03. The number of alkyl halides is 3. The molecule has 0 spiro atoms.